The average molecular weight is 521 g/mol. The Balaban J connectivity index is 1.58. The second-order valence-corrected chi connectivity index (χ2v) is 9.67. The van der Waals surface area contributed by atoms with Gasteiger partial charge in [0.25, 0.3) is 0 Å². The van der Waals surface area contributed by atoms with E-state index >= 15 is 0 Å². The van der Waals surface area contributed by atoms with E-state index < -0.39 is 30.1 Å². The number of thiazole rings is 1. The van der Waals surface area contributed by atoms with Crippen LogP contribution in [0.2, 0.25) is 5.02 Å². The molecule has 2 aromatic heterocycles. The number of carbonyl (C=O) groups is 1. The van der Waals surface area contributed by atoms with Crippen LogP contribution >= 0.6 is 22.9 Å². The number of carbonyl (C=O) groups excluding carboxylic acids is 1. The van der Waals surface area contributed by atoms with E-state index in [4.69, 9.17) is 21.3 Å². The third kappa shape index (κ3) is 3.67. The van der Waals surface area contributed by atoms with Gasteiger partial charge < -0.3 is 15.0 Å². The van der Waals surface area contributed by atoms with E-state index in [-0.39, 0.29) is 17.3 Å². The normalized spacial score (nSPS) is 23.7. The van der Waals surface area contributed by atoms with E-state index in [0.717, 1.165) is 0 Å². The van der Waals surface area contributed by atoms with Gasteiger partial charge in [-0.1, -0.05) is 17.7 Å². The van der Waals surface area contributed by atoms with Crippen molar-refractivity contribution in [3.63, 3.8) is 0 Å². The van der Waals surface area contributed by atoms with Crippen LogP contribution in [0.4, 0.5) is 18.0 Å². The summed E-state index contributed by atoms with van der Waals surface area (Å²) >= 11 is 7.82. The van der Waals surface area contributed by atoms with Crippen LogP contribution in [0.1, 0.15) is 35.3 Å². The van der Waals surface area contributed by atoms with E-state index in [1.165, 1.54) is 41.8 Å². The highest BCUT2D eigenvalue weighted by Crippen LogP contribution is 2.49. The predicted octanol–water partition coefficient (Wildman–Crippen LogP) is 4.62. The summed E-state index contributed by atoms with van der Waals surface area (Å²) in [6.07, 6.45) is 2.60. The van der Waals surface area contributed by atoms with Gasteiger partial charge in [-0.15, -0.1) is 11.3 Å². The fourth-order valence-corrected chi connectivity index (χ4v) is 5.63. The first-order chi connectivity index (χ1) is 16.8. The van der Waals surface area contributed by atoms with Crippen molar-refractivity contribution in [3.8, 4) is 0 Å². The molecule has 1 amide bonds. The van der Waals surface area contributed by atoms with Gasteiger partial charge in [-0.3, -0.25) is 4.99 Å². The molecule has 3 aliphatic rings. The highest BCUT2D eigenvalue weighted by molar-refractivity contribution is 7.11. The van der Waals surface area contributed by atoms with Crippen molar-refractivity contribution in [2.75, 3.05) is 13.1 Å². The van der Waals surface area contributed by atoms with Crippen LogP contribution in [-0.2, 0) is 4.74 Å². The van der Waals surface area contributed by atoms with Gasteiger partial charge in [-0.05, 0) is 18.2 Å². The molecule has 0 radical (unpaired) electrons. The van der Waals surface area contributed by atoms with Gasteiger partial charge in [-0.2, -0.15) is 13.9 Å². The molecule has 1 N–H and O–H groups in total. The van der Waals surface area contributed by atoms with Crippen molar-refractivity contribution in [3.05, 3.63) is 74.8 Å². The maximum atomic E-state index is 13.9. The van der Waals surface area contributed by atoms with Gasteiger partial charge >= 0.3 is 12.6 Å². The number of aromatic nitrogens is 3. The zero-order chi connectivity index (χ0) is 24.3. The highest BCUT2D eigenvalue weighted by Gasteiger charge is 2.52. The van der Waals surface area contributed by atoms with Crippen molar-refractivity contribution < 1.29 is 22.7 Å². The number of hydrogen-bond donors (Lipinski definition) is 1. The lowest BCUT2D eigenvalue weighted by Gasteiger charge is -2.32. The molecule has 0 unspecified atom stereocenters. The van der Waals surface area contributed by atoms with Crippen LogP contribution < -0.4 is 5.32 Å². The second kappa shape index (κ2) is 8.09. The first-order valence-electron chi connectivity index (χ1n) is 10.6. The standard InChI is InChI=1S/C22H16ClF3N6O2S/c23-13-7-11(24)1-2-12(13)17-16(14-3-5-32(30-14)20(25)26)15-8-22(9-28-21(33)34-22)10-31(15)18(29-17)19-27-4-6-35-19/h1-7,17,20H,8-10H2,(H,28,33)/t17-,22-/m0/s1. The first-order valence-corrected chi connectivity index (χ1v) is 11.8. The summed E-state index contributed by atoms with van der Waals surface area (Å²) in [6.45, 7) is -2.26. The van der Waals surface area contributed by atoms with Crippen molar-refractivity contribution in [2.45, 2.75) is 24.6 Å². The minimum Gasteiger partial charge on any atom is -0.439 e. The van der Waals surface area contributed by atoms with E-state index in [2.05, 4.69) is 15.4 Å². The van der Waals surface area contributed by atoms with Gasteiger partial charge in [0.05, 0.1) is 18.8 Å². The monoisotopic (exact) mass is 520 g/mol. The molecule has 8 nitrogen and oxygen atoms in total. The summed E-state index contributed by atoms with van der Waals surface area (Å²) in [4.78, 5) is 23.2. The molecule has 2 saturated heterocycles. The van der Waals surface area contributed by atoms with Gasteiger partial charge in [0.2, 0.25) is 0 Å². The number of benzene rings is 1. The lowest BCUT2D eigenvalue weighted by Crippen LogP contribution is -2.40. The number of aliphatic imine (C=N–C) groups is 1. The fraction of sp³-hybridized carbons (Fsp3) is 0.273. The van der Waals surface area contributed by atoms with Crippen molar-refractivity contribution in [1.82, 2.24) is 25.0 Å². The molecule has 13 heteroatoms. The number of alkyl halides is 2. The van der Waals surface area contributed by atoms with E-state index in [0.29, 0.717) is 45.3 Å². The van der Waals surface area contributed by atoms with Crippen LogP contribution in [0.15, 0.2) is 52.7 Å². The number of nitrogens with one attached hydrogen (secondary N) is 1. The molecular weight excluding hydrogens is 505 g/mol. The number of amides is 1. The summed E-state index contributed by atoms with van der Waals surface area (Å²) in [5.41, 5.74) is 1.11. The second-order valence-electron chi connectivity index (χ2n) is 8.37. The Morgan fingerprint density at radius 3 is 2.83 bits per heavy atom. The first kappa shape index (κ1) is 22.1. The molecule has 1 spiro atoms. The summed E-state index contributed by atoms with van der Waals surface area (Å²) in [7, 11) is 0. The van der Waals surface area contributed by atoms with Crippen LogP contribution in [0.5, 0.6) is 0 Å². The van der Waals surface area contributed by atoms with Gasteiger partial charge in [0, 0.05) is 46.1 Å². The average Bonchev–Trinajstić information content (AvgIpc) is 3.60. The van der Waals surface area contributed by atoms with Crippen LogP contribution in [0.25, 0.3) is 5.57 Å². The molecule has 3 aliphatic heterocycles. The Bertz CT molecular complexity index is 1390. The zero-order valence-corrected chi connectivity index (χ0v) is 19.4. The Morgan fingerprint density at radius 2 is 2.17 bits per heavy atom. The number of alkyl carbamates (subject to hydrolysis) is 1. The zero-order valence-electron chi connectivity index (χ0n) is 17.8. The molecular formula is C22H16ClF3N6O2S. The largest absolute Gasteiger partial charge is 0.439 e. The van der Waals surface area contributed by atoms with Crippen LogP contribution in [-0.4, -0.2) is 50.3 Å². The van der Waals surface area contributed by atoms with Crippen molar-refractivity contribution in [2.24, 2.45) is 4.99 Å². The lowest BCUT2D eigenvalue weighted by molar-refractivity contribution is 0.0564. The lowest BCUT2D eigenvalue weighted by atomic mass is 9.91. The predicted molar refractivity (Wildman–Crippen MR) is 122 cm³/mol. The minimum absolute atomic E-state index is 0.138. The highest BCUT2D eigenvalue weighted by atomic mass is 35.5. The molecule has 0 bridgehead atoms. The summed E-state index contributed by atoms with van der Waals surface area (Å²) in [6, 6.07) is 4.67. The van der Waals surface area contributed by atoms with Crippen molar-refractivity contribution >= 4 is 40.4 Å². The number of amidine groups is 1. The number of rotatable bonds is 4. The van der Waals surface area contributed by atoms with Crippen LogP contribution in [0, 0.1) is 5.82 Å². The smallest absolute Gasteiger partial charge is 0.407 e. The molecule has 0 saturated carbocycles. The quantitative estimate of drug-likeness (QED) is 0.542. The SMILES string of the molecule is O=C1NC[C@]2(CC3=C(c4ccn(C(F)F)n4)[C@H](c4ccc(F)cc4Cl)N=C(c4nccs4)N3C2)O1. The summed E-state index contributed by atoms with van der Waals surface area (Å²) < 4.78 is 46.9. The van der Waals surface area contributed by atoms with Crippen LogP contribution in [0.3, 0.4) is 0 Å². The Morgan fingerprint density at radius 1 is 1.31 bits per heavy atom. The molecule has 1 aromatic carbocycles. The van der Waals surface area contributed by atoms with Gasteiger partial charge in [0.1, 0.15) is 11.9 Å². The summed E-state index contributed by atoms with van der Waals surface area (Å²) in [5, 5.41) is 9.36. The molecule has 5 heterocycles. The fourth-order valence-electron chi connectivity index (χ4n) is 4.72. The number of nitrogens with zero attached hydrogens (tertiary/aromatic N) is 5. The molecule has 2 atom stereocenters. The van der Waals surface area contributed by atoms with E-state index in [1.807, 2.05) is 10.3 Å². The molecule has 3 aromatic rings. The molecule has 0 aliphatic carbocycles. The number of halogens is 4. The minimum atomic E-state index is -2.83. The topological polar surface area (TPSA) is 84.6 Å². The van der Waals surface area contributed by atoms with Gasteiger partial charge in [-0.25, -0.2) is 18.9 Å². The maximum absolute atomic E-state index is 13.9. The van der Waals surface area contributed by atoms with Crippen molar-refractivity contribution in [1.29, 1.82) is 0 Å². The Hall–Kier alpha value is -3.38. The Labute approximate surface area is 205 Å². The summed E-state index contributed by atoms with van der Waals surface area (Å²) in [5.74, 6) is 0.0116. The number of fused-ring (bicyclic) bond motifs is 1. The van der Waals surface area contributed by atoms with Gasteiger partial charge in [0.15, 0.2) is 16.4 Å². The molecule has 2 fully saturated rings. The third-order valence-corrected chi connectivity index (χ3v) is 7.28. The number of hydrogen-bond acceptors (Lipinski definition) is 7. The molecule has 6 rings (SSSR count). The molecule has 35 heavy (non-hydrogen) atoms. The third-order valence-electron chi connectivity index (χ3n) is 6.18. The number of ether oxygens (including phenoxy) is 1. The molecule has 180 valence electrons. The maximum Gasteiger partial charge on any atom is 0.407 e. The van der Waals surface area contributed by atoms with E-state index in [1.54, 1.807) is 6.20 Å². The van der Waals surface area contributed by atoms with E-state index in [9.17, 15) is 18.0 Å². The Kier molecular flexibility index (Phi) is 5.11.